The third-order valence-electron chi connectivity index (χ3n) is 2.82. The average Bonchev–Trinajstić information content (AvgIpc) is 2.48. The van der Waals surface area contributed by atoms with Crippen LogP contribution in [0.5, 0.6) is 11.5 Å². The molecular formula is C15H10N2O3. The summed E-state index contributed by atoms with van der Waals surface area (Å²) in [5.41, 5.74) is 0.896. The molecule has 2 aromatic carbocycles. The standard InChI is InChI=1S/C15H10N2O3/c18-15(19)10-4-3-5-11(8-10)20-14-9-16-17-13-7-2-1-6-12(13)14/h1-9H,(H,18,19). The molecule has 98 valence electrons. The molecule has 0 atom stereocenters. The van der Waals surface area contributed by atoms with Gasteiger partial charge in [0.15, 0.2) is 5.75 Å². The predicted molar refractivity (Wildman–Crippen MR) is 73.0 cm³/mol. The molecule has 0 spiro atoms. The molecular weight excluding hydrogens is 256 g/mol. The van der Waals surface area contributed by atoms with Gasteiger partial charge in [-0.1, -0.05) is 18.2 Å². The minimum absolute atomic E-state index is 0.175. The number of aromatic nitrogens is 2. The summed E-state index contributed by atoms with van der Waals surface area (Å²) < 4.78 is 5.72. The Morgan fingerprint density at radius 3 is 2.80 bits per heavy atom. The van der Waals surface area contributed by atoms with Crippen LogP contribution < -0.4 is 4.74 Å². The third-order valence-corrected chi connectivity index (χ3v) is 2.82. The second kappa shape index (κ2) is 4.97. The van der Waals surface area contributed by atoms with Crippen LogP contribution in [-0.2, 0) is 0 Å². The fraction of sp³-hybridized carbons (Fsp3) is 0. The zero-order valence-electron chi connectivity index (χ0n) is 10.4. The van der Waals surface area contributed by atoms with Crippen LogP contribution in [0, 0.1) is 0 Å². The molecule has 0 saturated carbocycles. The molecule has 0 amide bonds. The van der Waals surface area contributed by atoms with Crippen LogP contribution >= 0.6 is 0 Å². The first kappa shape index (κ1) is 12.1. The molecule has 1 aromatic heterocycles. The summed E-state index contributed by atoms with van der Waals surface area (Å²) in [4.78, 5) is 10.9. The Labute approximate surface area is 114 Å². The summed E-state index contributed by atoms with van der Waals surface area (Å²) in [6.07, 6.45) is 1.51. The van der Waals surface area contributed by atoms with Crippen LogP contribution in [0.15, 0.2) is 54.7 Å². The summed E-state index contributed by atoms with van der Waals surface area (Å²) in [5.74, 6) is -0.00523. The number of hydrogen-bond donors (Lipinski definition) is 1. The van der Waals surface area contributed by atoms with Crippen LogP contribution in [-0.4, -0.2) is 21.3 Å². The topological polar surface area (TPSA) is 72.3 Å². The third kappa shape index (κ3) is 2.29. The van der Waals surface area contributed by atoms with Crippen molar-refractivity contribution in [2.75, 3.05) is 0 Å². The van der Waals surface area contributed by atoms with Gasteiger partial charge >= 0.3 is 5.97 Å². The largest absolute Gasteiger partial charge is 0.478 e. The Kier molecular flexibility index (Phi) is 3.01. The molecule has 3 aromatic rings. The van der Waals surface area contributed by atoms with Crippen LogP contribution in [0.25, 0.3) is 10.9 Å². The Morgan fingerprint density at radius 1 is 1.10 bits per heavy atom. The lowest BCUT2D eigenvalue weighted by molar-refractivity contribution is 0.0696. The fourth-order valence-electron chi connectivity index (χ4n) is 1.88. The Balaban J connectivity index is 2.01. The summed E-state index contributed by atoms with van der Waals surface area (Å²) in [5, 5.41) is 17.7. The lowest BCUT2D eigenvalue weighted by Crippen LogP contribution is -1.96. The molecule has 3 rings (SSSR count). The van der Waals surface area contributed by atoms with Gasteiger partial charge in [-0.15, -0.1) is 0 Å². The lowest BCUT2D eigenvalue weighted by atomic mass is 10.2. The summed E-state index contributed by atoms with van der Waals surface area (Å²) in [6, 6.07) is 13.8. The van der Waals surface area contributed by atoms with Crippen molar-refractivity contribution in [3.8, 4) is 11.5 Å². The van der Waals surface area contributed by atoms with E-state index in [0.717, 1.165) is 10.9 Å². The zero-order valence-corrected chi connectivity index (χ0v) is 10.4. The van der Waals surface area contributed by atoms with Gasteiger partial charge in [-0.05, 0) is 30.3 Å². The second-order valence-corrected chi connectivity index (χ2v) is 4.16. The van der Waals surface area contributed by atoms with Crippen LogP contribution in [0.2, 0.25) is 0 Å². The summed E-state index contributed by atoms with van der Waals surface area (Å²) in [6.45, 7) is 0. The number of carboxylic acids is 1. The molecule has 0 bridgehead atoms. The molecule has 0 aliphatic rings. The average molecular weight is 266 g/mol. The van der Waals surface area contributed by atoms with Gasteiger partial charge in [-0.2, -0.15) is 10.2 Å². The van der Waals surface area contributed by atoms with E-state index in [1.165, 1.54) is 18.3 Å². The highest BCUT2D eigenvalue weighted by molar-refractivity contribution is 5.88. The minimum atomic E-state index is -0.992. The van der Waals surface area contributed by atoms with Gasteiger partial charge in [0.2, 0.25) is 0 Å². The van der Waals surface area contributed by atoms with Crippen molar-refractivity contribution < 1.29 is 14.6 Å². The normalized spacial score (nSPS) is 10.4. The van der Waals surface area contributed by atoms with Gasteiger partial charge in [0, 0.05) is 5.39 Å². The van der Waals surface area contributed by atoms with Crippen LogP contribution in [0.3, 0.4) is 0 Å². The first-order chi connectivity index (χ1) is 9.74. The highest BCUT2D eigenvalue weighted by Gasteiger charge is 2.07. The van der Waals surface area contributed by atoms with Gasteiger partial charge in [0.1, 0.15) is 5.75 Å². The molecule has 0 fully saturated rings. The van der Waals surface area contributed by atoms with Crippen molar-refractivity contribution in [2.45, 2.75) is 0 Å². The number of aromatic carboxylic acids is 1. The molecule has 0 aliphatic heterocycles. The highest BCUT2D eigenvalue weighted by Crippen LogP contribution is 2.28. The summed E-state index contributed by atoms with van der Waals surface area (Å²) in [7, 11) is 0. The van der Waals surface area contributed by atoms with E-state index >= 15 is 0 Å². The number of carbonyl (C=O) groups is 1. The molecule has 5 heteroatoms. The maximum absolute atomic E-state index is 10.9. The quantitative estimate of drug-likeness (QED) is 0.788. The zero-order chi connectivity index (χ0) is 13.9. The van der Waals surface area contributed by atoms with Crippen molar-refractivity contribution in [1.82, 2.24) is 10.2 Å². The van der Waals surface area contributed by atoms with Gasteiger partial charge in [0.25, 0.3) is 0 Å². The van der Waals surface area contributed by atoms with E-state index in [1.807, 2.05) is 24.3 Å². The number of nitrogens with zero attached hydrogens (tertiary/aromatic N) is 2. The number of rotatable bonds is 3. The SMILES string of the molecule is O=C(O)c1cccc(Oc2cnnc3ccccc23)c1. The first-order valence-electron chi connectivity index (χ1n) is 5.96. The number of benzene rings is 2. The Bertz CT molecular complexity index is 781. The molecule has 0 radical (unpaired) electrons. The predicted octanol–water partition coefficient (Wildman–Crippen LogP) is 3.12. The monoisotopic (exact) mass is 266 g/mol. The first-order valence-corrected chi connectivity index (χ1v) is 5.96. The van der Waals surface area contributed by atoms with Crippen molar-refractivity contribution in [3.05, 3.63) is 60.3 Å². The number of carboxylic acid groups (broad SMARTS) is 1. The van der Waals surface area contributed by atoms with Crippen molar-refractivity contribution in [2.24, 2.45) is 0 Å². The minimum Gasteiger partial charge on any atom is -0.478 e. The number of ether oxygens (including phenoxy) is 1. The smallest absolute Gasteiger partial charge is 0.335 e. The van der Waals surface area contributed by atoms with E-state index in [1.54, 1.807) is 12.1 Å². The van der Waals surface area contributed by atoms with Crippen molar-refractivity contribution >= 4 is 16.9 Å². The Hall–Kier alpha value is -2.95. The number of fused-ring (bicyclic) bond motifs is 1. The van der Waals surface area contributed by atoms with E-state index in [2.05, 4.69) is 10.2 Å². The lowest BCUT2D eigenvalue weighted by Gasteiger charge is -2.08. The van der Waals surface area contributed by atoms with Crippen molar-refractivity contribution in [3.63, 3.8) is 0 Å². The molecule has 1 N–H and O–H groups in total. The summed E-state index contributed by atoms with van der Waals surface area (Å²) >= 11 is 0. The van der Waals surface area contributed by atoms with E-state index in [-0.39, 0.29) is 5.56 Å². The van der Waals surface area contributed by atoms with Crippen molar-refractivity contribution in [1.29, 1.82) is 0 Å². The van der Waals surface area contributed by atoms with E-state index in [0.29, 0.717) is 11.5 Å². The van der Waals surface area contributed by atoms with Gasteiger partial charge < -0.3 is 9.84 Å². The van der Waals surface area contributed by atoms with Gasteiger partial charge in [-0.3, -0.25) is 0 Å². The van der Waals surface area contributed by atoms with Crippen LogP contribution in [0.1, 0.15) is 10.4 Å². The molecule has 0 unspecified atom stereocenters. The molecule has 20 heavy (non-hydrogen) atoms. The Morgan fingerprint density at radius 2 is 1.95 bits per heavy atom. The van der Waals surface area contributed by atoms with Gasteiger partial charge in [0.05, 0.1) is 17.3 Å². The van der Waals surface area contributed by atoms with E-state index in [4.69, 9.17) is 9.84 Å². The number of hydrogen-bond acceptors (Lipinski definition) is 4. The molecule has 0 aliphatic carbocycles. The fourth-order valence-corrected chi connectivity index (χ4v) is 1.88. The maximum Gasteiger partial charge on any atom is 0.335 e. The molecule has 0 saturated heterocycles. The van der Waals surface area contributed by atoms with Crippen LogP contribution in [0.4, 0.5) is 0 Å². The van der Waals surface area contributed by atoms with E-state index < -0.39 is 5.97 Å². The van der Waals surface area contributed by atoms with Gasteiger partial charge in [-0.25, -0.2) is 4.79 Å². The molecule has 5 nitrogen and oxygen atoms in total. The maximum atomic E-state index is 10.9. The second-order valence-electron chi connectivity index (χ2n) is 4.16. The molecule has 1 heterocycles. The van der Waals surface area contributed by atoms with E-state index in [9.17, 15) is 4.79 Å². The highest BCUT2D eigenvalue weighted by atomic mass is 16.5.